The first-order chi connectivity index (χ1) is 3.83. The zero-order valence-electron chi connectivity index (χ0n) is 6.12. The largest absolute Gasteiger partial charge is 1.00 e. The van der Waals surface area contributed by atoms with Crippen molar-refractivity contribution in [2.75, 3.05) is 0 Å². The van der Waals surface area contributed by atoms with Gasteiger partial charge in [0.05, 0.1) is 13.6 Å². The third-order valence-electron chi connectivity index (χ3n) is 1.19. The smallest absolute Gasteiger partial charge is 0.243 e. The van der Waals surface area contributed by atoms with Gasteiger partial charge in [0.15, 0.2) is 0 Å². The Bertz CT molecular complexity index is 174. The zero-order chi connectivity index (χ0) is 5.98. The number of aromatic nitrogens is 2. The molecule has 0 bridgehead atoms. The van der Waals surface area contributed by atoms with Crippen LogP contribution in [0.3, 0.4) is 0 Å². The molecule has 0 atom stereocenters. The van der Waals surface area contributed by atoms with E-state index >= 15 is 0 Å². The van der Waals surface area contributed by atoms with Gasteiger partial charge in [-0.15, -0.1) is 12.4 Å². The maximum absolute atomic E-state index is 2.12. The van der Waals surface area contributed by atoms with Crippen molar-refractivity contribution in [1.82, 2.24) is 4.57 Å². The van der Waals surface area contributed by atoms with E-state index < -0.39 is 0 Å². The van der Waals surface area contributed by atoms with Gasteiger partial charge in [-0.05, 0) is 6.92 Å². The fourth-order valence-electron chi connectivity index (χ4n) is 0.689. The first kappa shape index (κ1) is 12.5. The van der Waals surface area contributed by atoms with E-state index in [1.807, 2.05) is 17.8 Å². The minimum absolute atomic E-state index is 0. The standard InChI is InChI=1S/C6H11N2.2ClH/c1-3-8-5-4-7(2)6-8;;/h4-6H,3H2,1-2H3;2*1H/q+1;;/p-1. The quantitative estimate of drug-likeness (QED) is 0.435. The molecule has 0 unspecified atom stereocenters. The molecule has 0 N–H and O–H groups in total. The number of hydrogen-bond acceptors (Lipinski definition) is 0. The number of rotatable bonds is 1. The molecule has 1 heterocycles. The second-order valence-corrected chi connectivity index (χ2v) is 1.91. The van der Waals surface area contributed by atoms with E-state index in [0.717, 1.165) is 6.54 Å². The summed E-state index contributed by atoms with van der Waals surface area (Å²) in [5.74, 6) is 0. The highest BCUT2D eigenvalue weighted by molar-refractivity contribution is 5.85. The summed E-state index contributed by atoms with van der Waals surface area (Å²) < 4.78 is 4.16. The third kappa shape index (κ3) is 3.08. The van der Waals surface area contributed by atoms with Crippen LogP contribution in [0, 0.1) is 0 Å². The van der Waals surface area contributed by atoms with Gasteiger partial charge in [0.1, 0.15) is 12.4 Å². The molecular formula is C6H12Cl2N2. The molecule has 1 rings (SSSR count). The van der Waals surface area contributed by atoms with Gasteiger partial charge in [-0.1, -0.05) is 0 Å². The predicted molar refractivity (Wildman–Crippen MR) is 38.5 cm³/mol. The van der Waals surface area contributed by atoms with Crippen molar-refractivity contribution in [3.63, 3.8) is 0 Å². The molecule has 0 aliphatic heterocycles. The molecule has 0 aliphatic rings. The van der Waals surface area contributed by atoms with Gasteiger partial charge in [-0.2, -0.15) is 0 Å². The van der Waals surface area contributed by atoms with E-state index in [2.05, 4.69) is 24.0 Å². The average Bonchev–Trinajstić information content (AvgIpc) is 2.14. The Morgan fingerprint density at radius 3 is 2.30 bits per heavy atom. The maximum Gasteiger partial charge on any atom is 0.243 e. The van der Waals surface area contributed by atoms with Crippen LogP contribution in [0.25, 0.3) is 0 Å². The number of imidazole rings is 1. The van der Waals surface area contributed by atoms with E-state index in [4.69, 9.17) is 0 Å². The lowest BCUT2D eigenvalue weighted by Gasteiger charge is -1.81. The summed E-state index contributed by atoms with van der Waals surface area (Å²) in [6.07, 6.45) is 6.14. The molecule has 1 aromatic heterocycles. The van der Waals surface area contributed by atoms with E-state index in [0.29, 0.717) is 0 Å². The van der Waals surface area contributed by atoms with Crippen LogP contribution < -0.4 is 17.0 Å². The van der Waals surface area contributed by atoms with Crippen molar-refractivity contribution in [3.05, 3.63) is 18.7 Å². The molecule has 0 spiro atoms. The lowest BCUT2D eigenvalue weighted by Crippen LogP contribution is -3.00. The van der Waals surface area contributed by atoms with E-state index in [-0.39, 0.29) is 24.8 Å². The predicted octanol–water partition coefficient (Wildman–Crippen LogP) is -2.24. The highest BCUT2D eigenvalue weighted by atomic mass is 35.5. The van der Waals surface area contributed by atoms with Crippen molar-refractivity contribution in [2.45, 2.75) is 13.5 Å². The molecule has 0 fully saturated rings. The molecule has 0 aliphatic carbocycles. The van der Waals surface area contributed by atoms with E-state index in [1.165, 1.54) is 0 Å². The first-order valence-corrected chi connectivity index (χ1v) is 2.84. The molecule has 0 aromatic carbocycles. The molecule has 0 radical (unpaired) electrons. The summed E-state index contributed by atoms with van der Waals surface area (Å²) >= 11 is 0. The Labute approximate surface area is 73.7 Å². The van der Waals surface area contributed by atoms with Crippen molar-refractivity contribution in [3.8, 4) is 0 Å². The topological polar surface area (TPSA) is 8.81 Å². The Morgan fingerprint density at radius 2 is 2.10 bits per heavy atom. The highest BCUT2D eigenvalue weighted by Gasteiger charge is 1.92. The van der Waals surface area contributed by atoms with Gasteiger partial charge in [-0.25, -0.2) is 9.13 Å². The molecule has 0 saturated carbocycles. The lowest BCUT2D eigenvalue weighted by molar-refractivity contribution is -0.671. The Hall–Kier alpha value is -0.210. The fourth-order valence-corrected chi connectivity index (χ4v) is 0.689. The van der Waals surface area contributed by atoms with Crippen molar-refractivity contribution in [1.29, 1.82) is 0 Å². The first-order valence-electron chi connectivity index (χ1n) is 2.84. The molecule has 0 amide bonds. The van der Waals surface area contributed by atoms with Crippen LogP contribution in [0.1, 0.15) is 6.92 Å². The molecular weight excluding hydrogens is 171 g/mol. The van der Waals surface area contributed by atoms with Gasteiger partial charge in [0.2, 0.25) is 6.33 Å². The lowest BCUT2D eigenvalue weighted by atomic mass is 10.7. The van der Waals surface area contributed by atoms with Crippen LogP contribution in [0.5, 0.6) is 0 Å². The molecule has 2 nitrogen and oxygen atoms in total. The van der Waals surface area contributed by atoms with Crippen molar-refractivity contribution < 1.29 is 17.0 Å². The summed E-state index contributed by atoms with van der Waals surface area (Å²) in [5.41, 5.74) is 0. The van der Waals surface area contributed by atoms with Crippen molar-refractivity contribution >= 4 is 12.4 Å². The maximum atomic E-state index is 2.12. The normalized spacial score (nSPS) is 7.80. The molecule has 60 valence electrons. The fraction of sp³-hybridized carbons (Fsp3) is 0.500. The monoisotopic (exact) mass is 182 g/mol. The van der Waals surface area contributed by atoms with Crippen LogP contribution in [0.4, 0.5) is 0 Å². The molecule has 1 aromatic rings. The molecule has 10 heavy (non-hydrogen) atoms. The summed E-state index contributed by atoms with van der Waals surface area (Å²) in [7, 11) is 2.02. The highest BCUT2D eigenvalue weighted by Crippen LogP contribution is 1.79. The minimum Gasteiger partial charge on any atom is -1.00 e. The van der Waals surface area contributed by atoms with Gasteiger partial charge in [-0.3, -0.25) is 0 Å². The van der Waals surface area contributed by atoms with Crippen LogP contribution in [-0.2, 0) is 13.6 Å². The van der Waals surface area contributed by atoms with Crippen LogP contribution in [0.15, 0.2) is 18.7 Å². The van der Waals surface area contributed by atoms with Crippen molar-refractivity contribution in [2.24, 2.45) is 7.05 Å². The second-order valence-electron chi connectivity index (χ2n) is 1.91. The number of nitrogens with zero attached hydrogens (tertiary/aromatic N) is 2. The van der Waals surface area contributed by atoms with Gasteiger partial charge in [0, 0.05) is 0 Å². The molecule has 0 saturated heterocycles. The van der Waals surface area contributed by atoms with E-state index in [1.54, 1.807) is 0 Å². The minimum atomic E-state index is 0. The van der Waals surface area contributed by atoms with Gasteiger partial charge < -0.3 is 12.4 Å². The zero-order valence-corrected chi connectivity index (χ0v) is 7.69. The Morgan fingerprint density at radius 1 is 1.50 bits per heavy atom. The number of aryl methyl sites for hydroxylation is 2. The Kier molecular flexibility index (Phi) is 6.94. The summed E-state index contributed by atoms with van der Waals surface area (Å²) in [6, 6.07) is 0. The average molecular weight is 183 g/mol. The third-order valence-corrected chi connectivity index (χ3v) is 1.19. The SMILES string of the molecule is CCn1cc[n+](C)c1.Cl.[Cl-]. The number of halogens is 2. The summed E-state index contributed by atoms with van der Waals surface area (Å²) in [5, 5.41) is 0. The second kappa shape index (κ2) is 5.57. The molecule has 4 heteroatoms. The Balaban J connectivity index is 0. The van der Waals surface area contributed by atoms with Crippen LogP contribution in [-0.4, -0.2) is 4.57 Å². The van der Waals surface area contributed by atoms with Gasteiger partial charge in [0.25, 0.3) is 0 Å². The van der Waals surface area contributed by atoms with Gasteiger partial charge >= 0.3 is 0 Å². The van der Waals surface area contributed by atoms with E-state index in [9.17, 15) is 0 Å². The van der Waals surface area contributed by atoms with Crippen LogP contribution in [0.2, 0.25) is 0 Å². The number of hydrogen-bond donors (Lipinski definition) is 0. The summed E-state index contributed by atoms with van der Waals surface area (Å²) in [6.45, 7) is 3.18. The van der Waals surface area contributed by atoms with Crippen LogP contribution >= 0.6 is 12.4 Å². The summed E-state index contributed by atoms with van der Waals surface area (Å²) in [4.78, 5) is 0.